The van der Waals surface area contributed by atoms with Gasteiger partial charge in [0.05, 0.1) is 6.42 Å². The number of rotatable bonds is 7. The lowest BCUT2D eigenvalue weighted by Crippen LogP contribution is -2.58. The number of halogens is 1. The Bertz CT molecular complexity index is 887. The minimum Gasteiger partial charge on any atom is -0.483 e. The van der Waals surface area contributed by atoms with E-state index < -0.39 is 5.97 Å². The number of carboxylic acids is 1. The van der Waals surface area contributed by atoms with E-state index in [1.807, 2.05) is 11.8 Å². The summed E-state index contributed by atoms with van der Waals surface area (Å²) in [4.78, 5) is 27.9. The van der Waals surface area contributed by atoms with Crippen LogP contribution in [0.1, 0.15) is 25.0 Å². The Balaban J connectivity index is 1.57. The van der Waals surface area contributed by atoms with E-state index in [9.17, 15) is 14.0 Å². The highest BCUT2D eigenvalue weighted by Crippen LogP contribution is 2.21. The fourth-order valence-electron chi connectivity index (χ4n) is 3.77. The van der Waals surface area contributed by atoms with Gasteiger partial charge in [0.25, 0.3) is 5.91 Å². The third kappa shape index (κ3) is 5.57. The van der Waals surface area contributed by atoms with Gasteiger partial charge in [0.1, 0.15) is 11.6 Å². The van der Waals surface area contributed by atoms with Gasteiger partial charge >= 0.3 is 5.97 Å². The van der Waals surface area contributed by atoms with Crippen LogP contribution >= 0.6 is 0 Å². The van der Waals surface area contributed by atoms with Crippen molar-refractivity contribution in [1.29, 1.82) is 0 Å². The van der Waals surface area contributed by atoms with Crippen LogP contribution in [0.3, 0.4) is 0 Å². The number of carboxylic acid groups (broad SMARTS) is 1. The number of para-hydroxylation sites is 1. The van der Waals surface area contributed by atoms with E-state index in [2.05, 4.69) is 11.8 Å². The molecule has 30 heavy (non-hydrogen) atoms. The van der Waals surface area contributed by atoms with Crippen LogP contribution in [-0.4, -0.2) is 58.6 Å². The molecule has 6 nitrogen and oxygen atoms in total. The highest BCUT2D eigenvalue weighted by Gasteiger charge is 2.32. The third-order valence-corrected chi connectivity index (χ3v) is 5.40. The lowest BCUT2D eigenvalue weighted by Gasteiger charge is -2.44. The molecule has 0 bridgehead atoms. The second-order valence-electron chi connectivity index (χ2n) is 7.77. The molecule has 1 saturated heterocycles. The lowest BCUT2D eigenvalue weighted by atomic mass is 10.1. The molecule has 0 aliphatic carbocycles. The van der Waals surface area contributed by atoms with E-state index in [0.717, 1.165) is 5.56 Å². The van der Waals surface area contributed by atoms with Crippen molar-refractivity contribution in [3.63, 3.8) is 0 Å². The van der Waals surface area contributed by atoms with Crippen molar-refractivity contribution < 1.29 is 23.8 Å². The van der Waals surface area contributed by atoms with Gasteiger partial charge in [-0.1, -0.05) is 30.3 Å². The summed E-state index contributed by atoms with van der Waals surface area (Å²) in [5, 5.41) is 9.03. The summed E-state index contributed by atoms with van der Waals surface area (Å²) in [5.74, 6) is -0.901. The van der Waals surface area contributed by atoms with E-state index in [4.69, 9.17) is 9.84 Å². The first kappa shape index (κ1) is 21.8. The van der Waals surface area contributed by atoms with Crippen molar-refractivity contribution in [3.05, 3.63) is 65.5 Å². The molecule has 2 atom stereocenters. The maximum atomic E-state index is 13.1. The monoisotopic (exact) mass is 414 g/mol. The van der Waals surface area contributed by atoms with Crippen LogP contribution in [0.5, 0.6) is 5.75 Å². The number of hydrogen-bond acceptors (Lipinski definition) is 4. The number of benzene rings is 2. The quantitative estimate of drug-likeness (QED) is 0.754. The summed E-state index contributed by atoms with van der Waals surface area (Å²) in [6, 6.07) is 13.5. The van der Waals surface area contributed by atoms with Crippen LogP contribution in [-0.2, 0) is 22.6 Å². The molecule has 1 fully saturated rings. The largest absolute Gasteiger partial charge is 0.483 e. The molecule has 2 aromatic carbocycles. The molecule has 0 aromatic heterocycles. The zero-order valence-electron chi connectivity index (χ0n) is 17.3. The Morgan fingerprint density at radius 1 is 1.07 bits per heavy atom. The average molecular weight is 414 g/mol. The molecule has 1 heterocycles. The van der Waals surface area contributed by atoms with Gasteiger partial charge in [-0.25, -0.2) is 4.39 Å². The molecule has 1 aliphatic rings. The van der Waals surface area contributed by atoms with E-state index in [1.165, 1.54) is 12.1 Å². The maximum absolute atomic E-state index is 13.1. The number of piperazine rings is 1. The Labute approximate surface area is 175 Å². The number of hydrogen-bond donors (Lipinski definition) is 1. The van der Waals surface area contributed by atoms with Crippen molar-refractivity contribution in [2.75, 3.05) is 19.7 Å². The molecule has 3 rings (SSSR count). The van der Waals surface area contributed by atoms with Gasteiger partial charge in [-0.05, 0) is 37.6 Å². The summed E-state index contributed by atoms with van der Waals surface area (Å²) in [6.45, 7) is 5.91. The van der Waals surface area contributed by atoms with Crippen molar-refractivity contribution in [2.24, 2.45) is 0 Å². The molecular weight excluding hydrogens is 387 g/mol. The SMILES string of the molecule is CC1CN(C(=O)COc2ccccc2CC(=O)O)C(C)CN1Cc1ccc(F)cc1. The Kier molecular flexibility index (Phi) is 7.05. The molecule has 160 valence electrons. The molecule has 0 radical (unpaired) electrons. The molecule has 1 N–H and O–H groups in total. The number of amides is 1. The van der Waals surface area contributed by atoms with Crippen LogP contribution < -0.4 is 4.74 Å². The van der Waals surface area contributed by atoms with Crippen LogP contribution in [0.15, 0.2) is 48.5 Å². The third-order valence-electron chi connectivity index (χ3n) is 5.40. The number of ether oxygens (including phenoxy) is 1. The Morgan fingerprint density at radius 2 is 1.77 bits per heavy atom. The maximum Gasteiger partial charge on any atom is 0.307 e. The summed E-state index contributed by atoms with van der Waals surface area (Å²) >= 11 is 0. The van der Waals surface area contributed by atoms with Crippen molar-refractivity contribution in [1.82, 2.24) is 9.80 Å². The molecular formula is C23H27FN2O4. The normalized spacial score (nSPS) is 19.5. The summed E-state index contributed by atoms with van der Waals surface area (Å²) in [5.41, 5.74) is 1.58. The fourth-order valence-corrected chi connectivity index (χ4v) is 3.77. The fraction of sp³-hybridized carbons (Fsp3) is 0.391. The van der Waals surface area contributed by atoms with Gasteiger partial charge in [-0.3, -0.25) is 14.5 Å². The average Bonchev–Trinajstić information content (AvgIpc) is 2.71. The first-order chi connectivity index (χ1) is 14.3. The minimum atomic E-state index is -0.947. The van der Waals surface area contributed by atoms with Crippen molar-refractivity contribution >= 4 is 11.9 Å². The molecule has 1 aliphatic heterocycles. The molecule has 1 amide bonds. The minimum absolute atomic E-state index is 0.00649. The van der Waals surface area contributed by atoms with Gasteiger partial charge in [-0.15, -0.1) is 0 Å². The van der Waals surface area contributed by atoms with E-state index >= 15 is 0 Å². The van der Waals surface area contributed by atoms with Gasteiger partial charge in [0.15, 0.2) is 6.61 Å². The predicted octanol–water partition coefficient (Wildman–Crippen LogP) is 2.95. The number of aliphatic carboxylic acids is 1. The zero-order chi connectivity index (χ0) is 21.7. The highest BCUT2D eigenvalue weighted by molar-refractivity contribution is 5.78. The number of carbonyl (C=O) groups excluding carboxylic acids is 1. The second kappa shape index (κ2) is 9.71. The van der Waals surface area contributed by atoms with E-state index in [-0.39, 0.29) is 36.8 Å². The summed E-state index contributed by atoms with van der Waals surface area (Å²) < 4.78 is 18.8. The topological polar surface area (TPSA) is 70.1 Å². The Hall–Kier alpha value is -2.93. The Morgan fingerprint density at radius 3 is 2.47 bits per heavy atom. The summed E-state index contributed by atoms with van der Waals surface area (Å²) in [7, 11) is 0. The molecule has 0 spiro atoms. The van der Waals surface area contributed by atoms with E-state index in [0.29, 0.717) is 30.9 Å². The number of carbonyl (C=O) groups is 2. The van der Waals surface area contributed by atoms with Crippen LogP contribution in [0, 0.1) is 5.82 Å². The van der Waals surface area contributed by atoms with Crippen molar-refractivity contribution in [3.8, 4) is 5.75 Å². The molecule has 2 aromatic rings. The first-order valence-electron chi connectivity index (χ1n) is 10.0. The summed E-state index contributed by atoms with van der Waals surface area (Å²) in [6.07, 6.45) is -0.153. The molecule has 7 heteroatoms. The number of nitrogens with zero attached hydrogens (tertiary/aromatic N) is 2. The molecule has 0 saturated carbocycles. The van der Waals surface area contributed by atoms with E-state index in [1.54, 1.807) is 36.4 Å². The zero-order valence-corrected chi connectivity index (χ0v) is 17.3. The molecule has 2 unspecified atom stereocenters. The lowest BCUT2D eigenvalue weighted by molar-refractivity contribution is -0.139. The van der Waals surface area contributed by atoms with Gasteiger partial charge in [0, 0.05) is 37.3 Å². The first-order valence-corrected chi connectivity index (χ1v) is 10.0. The van der Waals surface area contributed by atoms with Crippen molar-refractivity contribution in [2.45, 2.75) is 38.9 Å². The van der Waals surface area contributed by atoms with Gasteiger partial charge < -0.3 is 14.7 Å². The second-order valence-corrected chi connectivity index (χ2v) is 7.77. The van der Waals surface area contributed by atoms with Crippen LogP contribution in [0.2, 0.25) is 0 Å². The predicted molar refractivity (Wildman–Crippen MR) is 111 cm³/mol. The smallest absolute Gasteiger partial charge is 0.307 e. The standard InChI is InChI=1S/C23H27FN2O4/c1-16-13-26(17(2)12-25(16)14-18-7-9-20(24)10-8-18)22(27)15-30-21-6-4-3-5-19(21)11-23(28)29/h3-10,16-17H,11-15H2,1-2H3,(H,28,29). The van der Waals surface area contributed by atoms with Gasteiger partial charge in [-0.2, -0.15) is 0 Å². The van der Waals surface area contributed by atoms with Gasteiger partial charge in [0.2, 0.25) is 0 Å². The highest BCUT2D eigenvalue weighted by atomic mass is 19.1. The van der Waals surface area contributed by atoms with Crippen LogP contribution in [0.25, 0.3) is 0 Å². The van der Waals surface area contributed by atoms with Crippen LogP contribution in [0.4, 0.5) is 4.39 Å².